The summed E-state index contributed by atoms with van der Waals surface area (Å²) in [6.45, 7) is 4.48. The van der Waals surface area contributed by atoms with Gasteiger partial charge >= 0.3 is 0 Å². The lowest BCUT2D eigenvalue weighted by molar-refractivity contribution is 0.177. The Morgan fingerprint density at radius 1 is 1.39 bits per heavy atom. The Hall–Kier alpha value is -1.10. The average Bonchev–Trinajstić information content (AvgIpc) is 3.03. The molecule has 0 amide bonds. The summed E-state index contributed by atoms with van der Waals surface area (Å²) >= 11 is 12.2. The summed E-state index contributed by atoms with van der Waals surface area (Å²) in [5.74, 6) is 2.50. The Kier molecular flexibility index (Phi) is 9.26. The van der Waals surface area contributed by atoms with Crippen LogP contribution in [0.4, 0.5) is 0 Å². The van der Waals surface area contributed by atoms with Gasteiger partial charge in [0.1, 0.15) is 12.4 Å². The first kappa shape index (κ1) is 23.2. The number of hydrogen-bond donors (Lipinski definition) is 2. The predicted molar refractivity (Wildman–Crippen MR) is 123 cm³/mol. The quantitative estimate of drug-likeness (QED) is 0.335. The fraction of sp³-hybridized carbons (Fsp3) is 0.500. The number of fused-ring (bicyclic) bond motifs is 1. The first-order chi connectivity index (χ1) is 13.1. The molecule has 2 N–H and O–H groups in total. The van der Waals surface area contributed by atoms with Crippen molar-refractivity contribution in [3.8, 4) is 0 Å². The molecule has 0 saturated heterocycles. The Balaban J connectivity index is 0.00000280. The fourth-order valence-electron chi connectivity index (χ4n) is 3.00. The second-order valence-electron chi connectivity index (χ2n) is 6.37. The van der Waals surface area contributed by atoms with Crippen LogP contribution in [-0.4, -0.2) is 40.4 Å². The number of halogens is 3. The lowest BCUT2D eigenvalue weighted by Gasteiger charge is -2.25. The number of aromatic nitrogens is 3. The zero-order valence-corrected chi connectivity index (χ0v) is 19.8. The summed E-state index contributed by atoms with van der Waals surface area (Å²) in [4.78, 5) is 9.17. The fourth-order valence-corrected chi connectivity index (χ4v) is 3.46. The standard InChI is InChI=1S/C18H24Cl2N6O.HI/c1-3-21-18(22-9-12-4-5-13(19)8-15(12)20)23-14-6-7-17-24-16(11-27-2)25-26(17)10-14;/h4-5,8,14H,3,6-7,9-11H2,1-2H3,(H2,21,22,23);1H. The van der Waals surface area contributed by atoms with E-state index in [-0.39, 0.29) is 30.0 Å². The molecule has 0 spiro atoms. The summed E-state index contributed by atoms with van der Waals surface area (Å²) < 4.78 is 7.07. The van der Waals surface area contributed by atoms with Gasteiger partial charge in [0.25, 0.3) is 0 Å². The molecule has 1 aromatic heterocycles. The molecule has 28 heavy (non-hydrogen) atoms. The third-order valence-corrected chi connectivity index (χ3v) is 4.87. The summed E-state index contributed by atoms with van der Waals surface area (Å²) in [5, 5.41) is 12.5. The van der Waals surface area contributed by atoms with Crippen LogP contribution in [0.5, 0.6) is 0 Å². The van der Waals surface area contributed by atoms with Gasteiger partial charge in [-0.05, 0) is 31.0 Å². The molecule has 1 aliphatic rings. The molecule has 10 heteroatoms. The first-order valence-electron chi connectivity index (χ1n) is 8.99. The van der Waals surface area contributed by atoms with E-state index in [0.29, 0.717) is 23.2 Å². The second kappa shape index (κ2) is 11.2. The third kappa shape index (κ3) is 6.20. The molecule has 2 heterocycles. The molecule has 0 radical (unpaired) electrons. The van der Waals surface area contributed by atoms with Crippen LogP contribution in [0, 0.1) is 0 Å². The van der Waals surface area contributed by atoms with Gasteiger partial charge in [-0.25, -0.2) is 14.7 Å². The number of nitrogens with one attached hydrogen (secondary N) is 2. The van der Waals surface area contributed by atoms with E-state index in [2.05, 4.69) is 25.7 Å². The topological polar surface area (TPSA) is 76.4 Å². The van der Waals surface area contributed by atoms with Crippen molar-refractivity contribution in [2.75, 3.05) is 13.7 Å². The van der Waals surface area contributed by atoms with Crippen LogP contribution in [-0.2, 0) is 30.9 Å². The van der Waals surface area contributed by atoms with E-state index in [0.717, 1.165) is 49.1 Å². The van der Waals surface area contributed by atoms with Crippen molar-refractivity contribution in [3.05, 3.63) is 45.5 Å². The molecule has 3 rings (SSSR count). The molecular weight excluding hydrogens is 514 g/mol. The lowest BCUT2D eigenvalue weighted by Crippen LogP contribution is -2.47. The van der Waals surface area contributed by atoms with Gasteiger partial charge in [0.05, 0.1) is 13.1 Å². The van der Waals surface area contributed by atoms with Gasteiger partial charge < -0.3 is 15.4 Å². The monoisotopic (exact) mass is 538 g/mol. The van der Waals surface area contributed by atoms with E-state index < -0.39 is 0 Å². The maximum Gasteiger partial charge on any atom is 0.191 e. The zero-order valence-electron chi connectivity index (χ0n) is 15.9. The second-order valence-corrected chi connectivity index (χ2v) is 7.21. The van der Waals surface area contributed by atoms with E-state index in [1.54, 1.807) is 13.2 Å². The van der Waals surface area contributed by atoms with E-state index in [9.17, 15) is 0 Å². The van der Waals surface area contributed by atoms with Crippen LogP contribution >= 0.6 is 47.2 Å². The summed E-state index contributed by atoms with van der Waals surface area (Å²) in [6, 6.07) is 5.69. The van der Waals surface area contributed by atoms with Crippen molar-refractivity contribution in [1.29, 1.82) is 0 Å². The number of benzene rings is 1. The van der Waals surface area contributed by atoms with Crippen molar-refractivity contribution < 1.29 is 4.74 Å². The van der Waals surface area contributed by atoms with Crippen molar-refractivity contribution in [2.45, 2.75) is 45.5 Å². The van der Waals surface area contributed by atoms with E-state index in [1.807, 2.05) is 23.7 Å². The van der Waals surface area contributed by atoms with E-state index in [4.69, 9.17) is 27.9 Å². The number of hydrogen-bond acceptors (Lipinski definition) is 4. The summed E-state index contributed by atoms with van der Waals surface area (Å²) in [5.41, 5.74) is 0.935. The molecule has 0 bridgehead atoms. The van der Waals surface area contributed by atoms with Crippen LogP contribution in [0.2, 0.25) is 10.0 Å². The van der Waals surface area contributed by atoms with Crippen molar-refractivity contribution in [3.63, 3.8) is 0 Å². The highest BCUT2D eigenvalue weighted by Crippen LogP contribution is 2.21. The van der Waals surface area contributed by atoms with Gasteiger partial charge in [-0.1, -0.05) is 29.3 Å². The minimum absolute atomic E-state index is 0. The van der Waals surface area contributed by atoms with Crippen LogP contribution in [0.15, 0.2) is 23.2 Å². The van der Waals surface area contributed by atoms with Gasteiger partial charge in [0.2, 0.25) is 0 Å². The van der Waals surface area contributed by atoms with Gasteiger partial charge in [-0.3, -0.25) is 0 Å². The number of aliphatic imine (C=N–C) groups is 1. The SMILES string of the molecule is CCNC(=NCc1ccc(Cl)cc1Cl)NC1CCc2nc(COC)nn2C1.I. The molecule has 0 fully saturated rings. The Morgan fingerprint density at radius 3 is 2.93 bits per heavy atom. The molecule has 2 aromatic rings. The molecular formula is C18H25Cl2IN6O. The van der Waals surface area contributed by atoms with Crippen LogP contribution in [0.1, 0.15) is 30.6 Å². The highest BCUT2D eigenvalue weighted by molar-refractivity contribution is 14.0. The molecule has 1 unspecified atom stereocenters. The summed E-state index contributed by atoms with van der Waals surface area (Å²) in [6.07, 6.45) is 1.84. The molecule has 0 saturated carbocycles. The van der Waals surface area contributed by atoms with Crippen LogP contribution in [0.25, 0.3) is 0 Å². The van der Waals surface area contributed by atoms with Crippen molar-refractivity contribution in [2.24, 2.45) is 4.99 Å². The lowest BCUT2D eigenvalue weighted by atomic mass is 10.1. The number of ether oxygens (including phenoxy) is 1. The molecule has 154 valence electrons. The number of aryl methyl sites for hydroxylation is 1. The Morgan fingerprint density at radius 2 is 2.21 bits per heavy atom. The van der Waals surface area contributed by atoms with E-state index >= 15 is 0 Å². The largest absolute Gasteiger partial charge is 0.377 e. The van der Waals surface area contributed by atoms with Crippen LogP contribution in [0.3, 0.4) is 0 Å². The molecule has 1 atom stereocenters. The normalized spacial score (nSPS) is 16.3. The maximum absolute atomic E-state index is 6.24. The Labute approximate surface area is 192 Å². The van der Waals surface area contributed by atoms with Gasteiger partial charge in [0.15, 0.2) is 11.8 Å². The predicted octanol–water partition coefficient (Wildman–Crippen LogP) is 3.42. The number of rotatable bonds is 6. The summed E-state index contributed by atoms with van der Waals surface area (Å²) in [7, 11) is 1.65. The highest BCUT2D eigenvalue weighted by Gasteiger charge is 2.22. The maximum atomic E-state index is 6.24. The molecule has 7 nitrogen and oxygen atoms in total. The molecule has 0 aliphatic carbocycles. The van der Waals surface area contributed by atoms with Gasteiger partial charge in [-0.2, -0.15) is 5.10 Å². The zero-order chi connectivity index (χ0) is 19.2. The minimum Gasteiger partial charge on any atom is -0.377 e. The average molecular weight is 539 g/mol. The first-order valence-corrected chi connectivity index (χ1v) is 9.75. The third-order valence-electron chi connectivity index (χ3n) is 4.28. The van der Waals surface area contributed by atoms with Crippen LogP contribution < -0.4 is 10.6 Å². The highest BCUT2D eigenvalue weighted by atomic mass is 127. The molecule has 1 aromatic carbocycles. The van der Waals surface area contributed by atoms with E-state index in [1.165, 1.54) is 0 Å². The number of nitrogens with zero attached hydrogens (tertiary/aromatic N) is 4. The minimum atomic E-state index is 0. The van der Waals surface area contributed by atoms with Crippen molar-refractivity contribution >= 4 is 53.1 Å². The van der Waals surface area contributed by atoms with Gasteiger partial charge in [0, 0.05) is 36.2 Å². The van der Waals surface area contributed by atoms with Crippen molar-refractivity contribution in [1.82, 2.24) is 25.4 Å². The molecule has 1 aliphatic heterocycles. The Bertz CT molecular complexity index is 813. The number of methoxy groups -OCH3 is 1. The smallest absolute Gasteiger partial charge is 0.191 e. The number of guanidine groups is 1. The van der Waals surface area contributed by atoms with Gasteiger partial charge in [-0.15, -0.1) is 24.0 Å².